The molecule has 0 amide bonds. The molecule has 2 rings (SSSR count). The van der Waals surface area contributed by atoms with E-state index in [0.29, 0.717) is 28.0 Å². The lowest BCUT2D eigenvalue weighted by atomic mass is 10.00. The monoisotopic (exact) mass is 313 g/mol. The highest BCUT2D eigenvalue weighted by Crippen LogP contribution is 2.14. The summed E-state index contributed by atoms with van der Waals surface area (Å²) in [5.74, 6) is -0.886. The predicted molar refractivity (Wildman–Crippen MR) is 83.0 cm³/mol. The molecule has 0 radical (unpaired) electrons. The van der Waals surface area contributed by atoms with Crippen molar-refractivity contribution < 1.29 is 24.3 Å². The van der Waals surface area contributed by atoms with Crippen LogP contribution in [0.2, 0.25) is 0 Å². The van der Waals surface area contributed by atoms with Gasteiger partial charge in [0.15, 0.2) is 0 Å². The van der Waals surface area contributed by atoms with Crippen LogP contribution in [0.15, 0.2) is 53.7 Å². The smallest absolute Gasteiger partial charge is 0.337 e. The minimum absolute atomic E-state index is 0.317. The van der Waals surface area contributed by atoms with Gasteiger partial charge in [-0.3, -0.25) is 0 Å². The van der Waals surface area contributed by atoms with Gasteiger partial charge in [0.2, 0.25) is 0 Å². The van der Waals surface area contributed by atoms with E-state index in [2.05, 4.69) is 14.6 Å². The lowest BCUT2D eigenvalue weighted by Gasteiger charge is -2.07. The summed E-state index contributed by atoms with van der Waals surface area (Å²) in [5, 5.41) is 12.6. The fourth-order valence-corrected chi connectivity index (χ4v) is 2.05. The average Bonchev–Trinajstić information content (AvgIpc) is 2.62. The van der Waals surface area contributed by atoms with Gasteiger partial charge in [0.1, 0.15) is 5.71 Å². The first-order chi connectivity index (χ1) is 11.1. The Bertz CT molecular complexity index is 671. The predicted octanol–water partition coefficient (Wildman–Crippen LogP) is 2.49. The molecule has 2 aromatic rings. The van der Waals surface area contributed by atoms with Gasteiger partial charge in [-0.05, 0) is 24.3 Å². The summed E-state index contributed by atoms with van der Waals surface area (Å²) in [7, 11) is 2.61. The van der Waals surface area contributed by atoms with Crippen LogP contribution in [0, 0.1) is 0 Å². The standard InChI is InChI=1S/C17H15NO5/c1-22-16(19)13-7-3-11(4-8-13)15(18-21)12-5-9-14(10-6-12)17(20)23-2/h3-10,21H,1-2H3. The number of carbonyl (C=O) groups excluding carboxylic acids is 2. The van der Waals surface area contributed by atoms with Crippen LogP contribution in [0.4, 0.5) is 0 Å². The van der Waals surface area contributed by atoms with Gasteiger partial charge in [-0.2, -0.15) is 0 Å². The maximum Gasteiger partial charge on any atom is 0.337 e. The molecule has 0 bridgehead atoms. The van der Waals surface area contributed by atoms with Gasteiger partial charge in [-0.25, -0.2) is 9.59 Å². The van der Waals surface area contributed by atoms with Crippen LogP contribution < -0.4 is 0 Å². The summed E-state index contributed by atoms with van der Waals surface area (Å²) in [6.45, 7) is 0. The molecule has 23 heavy (non-hydrogen) atoms. The van der Waals surface area contributed by atoms with E-state index in [9.17, 15) is 14.8 Å². The Balaban J connectivity index is 2.29. The third-order valence-electron chi connectivity index (χ3n) is 3.26. The van der Waals surface area contributed by atoms with E-state index in [1.165, 1.54) is 14.2 Å². The van der Waals surface area contributed by atoms with Crippen molar-refractivity contribution in [3.63, 3.8) is 0 Å². The lowest BCUT2D eigenvalue weighted by Crippen LogP contribution is -2.07. The fourth-order valence-electron chi connectivity index (χ4n) is 2.05. The van der Waals surface area contributed by atoms with Gasteiger partial charge in [0, 0.05) is 11.1 Å². The van der Waals surface area contributed by atoms with Gasteiger partial charge in [-0.15, -0.1) is 0 Å². The summed E-state index contributed by atoms with van der Waals surface area (Å²) >= 11 is 0. The second-order valence-electron chi connectivity index (χ2n) is 4.59. The SMILES string of the molecule is COC(=O)c1ccc(C(=NO)c2ccc(C(=O)OC)cc2)cc1. The van der Waals surface area contributed by atoms with E-state index in [-0.39, 0.29) is 0 Å². The molecular weight excluding hydrogens is 298 g/mol. The highest BCUT2D eigenvalue weighted by atomic mass is 16.5. The number of esters is 2. The van der Waals surface area contributed by atoms with Gasteiger partial charge in [0.05, 0.1) is 25.3 Å². The van der Waals surface area contributed by atoms with E-state index in [1.54, 1.807) is 48.5 Å². The summed E-state index contributed by atoms with van der Waals surface area (Å²) in [5.41, 5.74) is 2.35. The number of nitrogens with zero attached hydrogens (tertiary/aromatic N) is 1. The molecule has 0 aliphatic heterocycles. The first-order valence-corrected chi connectivity index (χ1v) is 6.70. The summed E-state index contributed by atoms with van der Waals surface area (Å²) in [6, 6.07) is 12.9. The van der Waals surface area contributed by atoms with Crippen LogP contribution in [0.25, 0.3) is 0 Å². The van der Waals surface area contributed by atoms with E-state index in [1.807, 2.05) is 0 Å². The Hall–Kier alpha value is -3.15. The number of carbonyl (C=O) groups is 2. The van der Waals surface area contributed by atoms with Crippen LogP contribution >= 0.6 is 0 Å². The molecule has 0 saturated carbocycles. The summed E-state index contributed by atoms with van der Waals surface area (Å²) in [6.07, 6.45) is 0. The van der Waals surface area contributed by atoms with Crippen molar-refractivity contribution in [1.29, 1.82) is 0 Å². The van der Waals surface area contributed by atoms with Crippen molar-refractivity contribution in [3.05, 3.63) is 70.8 Å². The molecule has 0 fully saturated rings. The highest BCUT2D eigenvalue weighted by Gasteiger charge is 2.12. The second-order valence-corrected chi connectivity index (χ2v) is 4.59. The zero-order valence-electron chi connectivity index (χ0n) is 12.6. The van der Waals surface area contributed by atoms with Crippen molar-refractivity contribution in [2.24, 2.45) is 5.16 Å². The number of ether oxygens (including phenoxy) is 2. The Kier molecular flexibility index (Phi) is 5.09. The third-order valence-corrected chi connectivity index (χ3v) is 3.26. The van der Waals surface area contributed by atoms with Crippen LogP contribution in [0.5, 0.6) is 0 Å². The molecule has 0 heterocycles. The van der Waals surface area contributed by atoms with Crippen molar-refractivity contribution in [1.82, 2.24) is 0 Å². The Morgan fingerprint density at radius 1 is 0.739 bits per heavy atom. The quantitative estimate of drug-likeness (QED) is 0.406. The highest BCUT2D eigenvalue weighted by molar-refractivity contribution is 6.13. The van der Waals surface area contributed by atoms with E-state index in [0.717, 1.165) is 0 Å². The minimum atomic E-state index is -0.443. The molecule has 0 aliphatic carbocycles. The maximum atomic E-state index is 11.4. The average molecular weight is 313 g/mol. The lowest BCUT2D eigenvalue weighted by molar-refractivity contribution is 0.0592. The Morgan fingerprint density at radius 2 is 1.04 bits per heavy atom. The molecule has 0 unspecified atom stereocenters. The van der Waals surface area contributed by atoms with Crippen LogP contribution in [0.1, 0.15) is 31.8 Å². The van der Waals surface area contributed by atoms with Gasteiger partial charge in [0.25, 0.3) is 0 Å². The first-order valence-electron chi connectivity index (χ1n) is 6.70. The topological polar surface area (TPSA) is 85.2 Å². The molecular formula is C17H15NO5. The molecule has 0 aliphatic rings. The molecule has 0 spiro atoms. The molecule has 0 saturated heterocycles. The molecule has 118 valence electrons. The zero-order chi connectivity index (χ0) is 16.8. The van der Waals surface area contributed by atoms with E-state index in [4.69, 9.17) is 0 Å². The molecule has 1 N–H and O–H groups in total. The van der Waals surface area contributed by atoms with Crippen molar-refractivity contribution >= 4 is 17.7 Å². The summed E-state index contributed by atoms with van der Waals surface area (Å²) in [4.78, 5) is 22.8. The van der Waals surface area contributed by atoms with Crippen LogP contribution in [0.3, 0.4) is 0 Å². The van der Waals surface area contributed by atoms with Crippen molar-refractivity contribution in [2.75, 3.05) is 14.2 Å². The van der Waals surface area contributed by atoms with Gasteiger partial charge < -0.3 is 14.7 Å². The van der Waals surface area contributed by atoms with Crippen molar-refractivity contribution in [3.8, 4) is 0 Å². The number of oxime groups is 1. The number of benzene rings is 2. The maximum absolute atomic E-state index is 11.4. The first kappa shape index (κ1) is 16.2. The van der Waals surface area contributed by atoms with Crippen molar-refractivity contribution in [2.45, 2.75) is 0 Å². The molecule has 0 aromatic heterocycles. The van der Waals surface area contributed by atoms with Crippen LogP contribution in [-0.4, -0.2) is 37.1 Å². The van der Waals surface area contributed by atoms with Gasteiger partial charge in [-0.1, -0.05) is 29.4 Å². The fraction of sp³-hybridized carbons (Fsp3) is 0.118. The Morgan fingerprint density at radius 3 is 1.30 bits per heavy atom. The number of hydrogen-bond donors (Lipinski definition) is 1. The minimum Gasteiger partial charge on any atom is -0.465 e. The summed E-state index contributed by atoms with van der Waals surface area (Å²) < 4.78 is 9.26. The second kappa shape index (κ2) is 7.22. The van der Waals surface area contributed by atoms with Gasteiger partial charge >= 0.3 is 11.9 Å². The number of hydrogen-bond acceptors (Lipinski definition) is 6. The van der Waals surface area contributed by atoms with E-state index < -0.39 is 11.9 Å². The third kappa shape index (κ3) is 3.55. The Labute approximate surface area is 133 Å². The normalized spacial score (nSPS) is 9.83. The molecule has 6 nitrogen and oxygen atoms in total. The molecule has 2 aromatic carbocycles. The largest absolute Gasteiger partial charge is 0.465 e. The number of rotatable bonds is 4. The molecule has 6 heteroatoms. The molecule has 0 atom stereocenters. The van der Waals surface area contributed by atoms with E-state index >= 15 is 0 Å². The number of methoxy groups -OCH3 is 2. The zero-order valence-corrected chi connectivity index (χ0v) is 12.6. The van der Waals surface area contributed by atoms with Crippen LogP contribution in [-0.2, 0) is 9.47 Å².